The number of aromatic nitrogens is 1. The summed E-state index contributed by atoms with van der Waals surface area (Å²) in [6.45, 7) is 1.52. The summed E-state index contributed by atoms with van der Waals surface area (Å²) >= 11 is 1.37. The number of nitrogens with one attached hydrogen (secondary N) is 1. The number of ether oxygens (including phenoxy) is 3. The highest BCUT2D eigenvalue weighted by Gasteiger charge is 2.26. The molecule has 1 saturated heterocycles. The molecule has 174 valence electrons. The zero-order valence-corrected chi connectivity index (χ0v) is 19.9. The Morgan fingerprint density at radius 1 is 1.15 bits per heavy atom. The fraction of sp³-hybridized carbons (Fsp3) is 0.273. The van der Waals surface area contributed by atoms with Crippen LogP contribution in [-0.4, -0.2) is 64.4 Å². The average molecular weight is 489 g/mol. The van der Waals surface area contributed by atoms with Gasteiger partial charge in [-0.2, -0.15) is 9.41 Å². The minimum absolute atomic E-state index is 0.243. The highest BCUT2D eigenvalue weighted by Crippen LogP contribution is 2.30. The Morgan fingerprint density at radius 3 is 2.70 bits per heavy atom. The summed E-state index contributed by atoms with van der Waals surface area (Å²) < 4.78 is 43.3. The average Bonchev–Trinajstić information content (AvgIpc) is 3.33. The van der Waals surface area contributed by atoms with Gasteiger partial charge < -0.3 is 14.2 Å². The summed E-state index contributed by atoms with van der Waals surface area (Å²) in [5.41, 5.74) is 5.04. The van der Waals surface area contributed by atoms with Gasteiger partial charge in [0.2, 0.25) is 15.2 Å². The maximum atomic E-state index is 13.0. The van der Waals surface area contributed by atoms with Gasteiger partial charge in [-0.3, -0.25) is 5.43 Å². The Balaban J connectivity index is 1.49. The highest BCUT2D eigenvalue weighted by atomic mass is 32.2. The van der Waals surface area contributed by atoms with Crippen LogP contribution in [0.15, 0.2) is 57.8 Å². The largest absolute Gasteiger partial charge is 0.493 e. The predicted molar refractivity (Wildman–Crippen MR) is 128 cm³/mol. The van der Waals surface area contributed by atoms with E-state index < -0.39 is 10.0 Å². The molecule has 0 radical (unpaired) electrons. The smallest absolute Gasteiger partial charge is 0.243 e. The Hall–Kier alpha value is -2.99. The Labute approximate surface area is 196 Å². The van der Waals surface area contributed by atoms with Gasteiger partial charge in [0.05, 0.1) is 44.2 Å². The second-order valence-corrected chi connectivity index (χ2v) is 9.83. The van der Waals surface area contributed by atoms with Crippen LogP contribution in [0.2, 0.25) is 0 Å². The molecular formula is C22H24N4O5S2. The molecule has 1 aliphatic heterocycles. The van der Waals surface area contributed by atoms with Crippen molar-refractivity contribution in [1.29, 1.82) is 0 Å². The second-order valence-electron chi connectivity index (χ2n) is 7.03. The molecule has 2 heterocycles. The minimum Gasteiger partial charge on any atom is -0.493 e. The molecule has 0 aliphatic carbocycles. The predicted octanol–water partition coefficient (Wildman–Crippen LogP) is 3.29. The molecule has 1 aliphatic rings. The van der Waals surface area contributed by atoms with E-state index in [0.717, 1.165) is 5.56 Å². The number of morpholine rings is 1. The van der Waals surface area contributed by atoms with Crippen LogP contribution in [-0.2, 0) is 14.8 Å². The molecule has 2 aromatic carbocycles. The van der Waals surface area contributed by atoms with Crippen molar-refractivity contribution in [3.05, 3.63) is 53.4 Å². The number of hydrazone groups is 1. The number of methoxy groups -OCH3 is 2. The molecule has 9 nitrogen and oxygen atoms in total. The van der Waals surface area contributed by atoms with Crippen molar-refractivity contribution in [2.75, 3.05) is 45.9 Å². The lowest BCUT2D eigenvalue weighted by atomic mass is 10.2. The van der Waals surface area contributed by atoms with E-state index in [1.165, 1.54) is 15.6 Å². The summed E-state index contributed by atoms with van der Waals surface area (Å²) in [7, 11) is -0.424. The van der Waals surface area contributed by atoms with Gasteiger partial charge in [-0.05, 0) is 24.3 Å². The third-order valence-corrected chi connectivity index (χ3v) is 7.68. The summed E-state index contributed by atoms with van der Waals surface area (Å²) in [6, 6.07) is 12.3. The number of rotatable bonds is 8. The van der Waals surface area contributed by atoms with Gasteiger partial charge in [0.1, 0.15) is 0 Å². The van der Waals surface area contributed by atoms with Crippen LogP contribution >= 0.6 is 11.3 Å². The molecule has 0 amide bonds. The highest BCUT2D eigenvalue weighted by molar-refractivity contribution is 7.89. The van der Waals surface area contributed by atoms with Crippen LogP contribution in [0.5, 0.6) is 11.5 Å². The number of sulfonamides is 1. The topological polar surface area (TPSA) is 102 Å². The molecule has 1 N–H and O–H groups in total. The maximum absolute atomic E-state index is 13.0. The Morgan fingerprint density at radius 2 is 1.94 bits per heavy atom. The fourth-order valence-corrected chi connectivity index (χ4v) is 5.50. The molecule has 0 bridgehead atoms. The number of benzene rings is 2. The van der Waals surface area contributed by atoms with Crippen molar-refractivity contribution >= 4 is 32.7 Å². The molecule has 11 heteroatoms. The maximum Gasteiger partial charge on any atom is 0.243 e. The first-order valence-electron chi connectivity index (χ1n) is 10.2. The van der Waals surface area contributed by atoms with Crippen LogP contribution in [0.3, 0.4) is 0 Å². The summed E-state index contributed by atoms with van der Waals surface area (Å²) in [6.07, 6.45) is 1.62. The summed E-state index contributed by atoms with van der Waals surface area (Å²) in [5, 5.41) is 6.67. The number of hydrogen-bond acceptors (Lipinski definition) is 9. The van der Waals surface area contributed by atoms with E-state index in [1.54, 1.807) is 38.6 Å². The molecule has 1 aromatic heterocycles. The van der Waals surface area contributed by atoms with Crippen molar-refractivity contribution in [2.24, 2.45) is 5.10 Å². The lowest BCUT2D eigenvalue weighted by molar-refractivity contribution is 0.0730. The molecule has 4 rings (SSSR count). The summed E-state index contributed by atoms with van der Waals surface area (Å²) in [4.78, 5) is 4.78. The van der Waals surface area contributed by atoms with E-state index >= 15 is 0 Å². The zero-order chi connectivity index (χ0) is 23.3. The zero-order valence-electron chi connectivity index (χ0n) is 18.2. The van der Waals surface area contributed by atoms with Gasteiger partial charge in [-0.1, -0.05) is 18.2 Å². The minimum atomic E-state index is -3.58. The Kier molecular flexibility index (Phi) is 7.23. The fourth-order valence-electron chi connectivity index (χ4n) is 3.38. The number of thiazole rings is 1. The number of anilines is 1. The molecular weight excluding hydrogens is 464 g/mol. The molecule has 0 atom stereocenters. The van der Waals surface area contributed by atoms with Gasteiger partial charge >= 0.3 is 0 Å². The lowest BCUT2D eigenvalue weighted by Crippen LogP contribution is -2.40. The van der Waals surface area contributed by atoms with Gasteiger partial charge in [0.15, 0.2) is 11.5 Å². The van der Waals surface area contributed by atoms with Crippen molar-refractivity contribution in [2.45, 2.75) is 4.90 Å². The number of para-hydroxylation sites is 1. The van der Waals surface area contributed by atoms with E-state index in [0.29, 0.717) is 54.2 Å². The van der Waals surface area contributed by atoms with Crippen LogP contribution in [0.4, 0.5) is 5.13 Å². The standard InChI is InChI=1S/C22H24N4O5S2/c1-29-20-8-4-6-17(21(20)30-2)14-23-25-22-24-19(15-32-22)16-5-3-7-18(13-16)33(27,28)26-9-11-31-12-10-26/h3-8,13-15H,9-12H2,1-2H3,(H,24,25)/b23-14-. The van der Waals surface area contributed by atoms with Gasteiger partial charge in [0.25, 0.3) is 0 Å². The van der Waals surface area contributed by atoms with Gasteiger partial charge in [0, 0.05) is 29.6 Å². The molecule has 0 spiro atoms. The first kappa shape index (κ1) is 23.2. The third-order valence-electron chi connectivity index (χ3n) is 5.04. The van der Waals surface area contributed by atoms with E-state index in [4.69, 9.17) is 14.2 Å². The quantitative estimate of drug-likeness (QED) is 0.383. The van der Waals surface area contributed by atoms with Crippen LogP contribution < -0.4 is 14.9 Å². The first-order chi connectivity index (χ1) is 16.0. The monoisotopic (exact) mass is 488 g/mol. The molecule has 3 aromatic rings. The number of nitrogens with zero attached hydrogens (tertiary/aromatic N) is 3. The van der Waals surface area contributed by atoms with E-state index in [2.05, 4.69) is 15.5 Å². The number of hydrogen-bond donors (Lipinski definition) is 1. The summed E-state index contributed by atoms with van der Waals surface area (Å²) in [5.74, 6) is 1.20. The van der Waals surface area contributed by atoms with E-state index in [1.807, 2.05) is 29.6 Å². The van der Waals surface area contributed by atoms with Crippen LogP contribution in [0, 0.1) is 0 Å². The normalized spacial score (nSPS) is 15.0. The molecule has 1 fully saturated rings. The van der Waals surface area contributed by atoms with Crippen molar-refractivity contribution in [3.8, 4) is 22.8 Å². The molecule has 33 heavy (non-hydrogen) atoms. The second kappa shape index (κ2) is 10.3. The van der Waals surface area contributed by atoms with Crippen molar-refractivity contribution in [1.82, 2.24) is 9.29 Å². The van der Waals surface area contributed by atoms with E-state index in [-0.39, 0.29) is 4.90 Å². The SMILES string of the molecule is COc1cccc(/C=N\Nc2nc(-c3cccc(S(=O)(=O)N4CCOCC4)c3)cs2)c1OC. The van der Waals surface area contributed by atoms with Gasteiger partial charge in [-0.15, -0.1) is 11.3 Å². The van der Waals surface area contributed by atoms with Crippen molar-refractivity contribution < 1.29 is 22.6 Å². The van der Waals surface area contributed by atoms with Crippen LogP contribution in [0.25, 0.3) is 11.3 Å². The van der Waals surface area contributed by atoms with Crippen LogP contribution in [0.1, 0.15) is 5.56 Å². The van der Waals surface area contributed by atoms with E-state index in [9.17, 15) is 8.42 Å². The molecule has 0 saturated carbocycles. The Bertz CT molecular complexity index is 1240. The lowest BCUT2D eigenvalue weighted by Gasteiger charge is -2.26. The molecule has 0 unspecified atom stereocenters. The van der Waals surface area contributed by atoms with Crippen molar-refractivity contribution in [3.63, 3.8) is 0 Å². The van der Waals surface area contributed by atoms with Gasteiger partial charge in [-0.25, -0.2) is 13.4 Å². The first-order valence-corrected chi connectivity index (χ1v) is 12.5. The third kappa shape index (κ3) is 5.17.